The molecule has 0 amide bonds. The smallest absolute Gasteiger partial charge is 0.356 e. The van der Waals surface area contributed by atoms with E-state index in [1.165, 1.54) is 12.1 Å². The van der Waals surface area contributed by atoms with E-state index >= 15 is 0 Å². The van der Waals surface area contributed by atoms with Crippen molar-refractivity contribution in [3.05, 3.63) is 47.5 Å². The summed E-state index contributed by atoms with van der Waals surface area (Å²) in [6, 6.07) is 8.40. The van der Waals surface area contributed by atoms with Crippen LogP contribution in [0.15, 0.2) is 36.4 Å². The van der Waals surface area contributed by atoms with Crippen molar-refractivity contribution in [2.24, 2.45) is 0 Å². The highest BCUT2D eigenvalue weighted by atomic mass is 31.2. The number of aryl methyl sites for hydroxylation is 1. The van der Waals surface area contributed by atoms with Crippen molar-refractivity contribution in [2.45, 2.75) is 12.8 Å². The molecule has 0 aliphatic rings. The van der Waals surface area contributed by atoms with Gasteiger partial charge in [-0.3, -0.25) is 4.57 Å². The van der Waals surface area contributed by atoms with Crippen molar-refractivity contribution in [1.29, 1.82) is 0 Å². The lowest BCUT2D eigenvalue weighted by Crippen LogP contribution is -2.12. The van der Waals surface area contributed by atoms with Crippen molar-refractivity contribution < 1.29 is 29.7 Å². The van der Waals surface area contributed by atoms with E-state index in [1.807, 2.05) is 0 Å². The van der Waals surface area contributed by atoms with Gasteiger partial charge < -0.3 is 25.1 Å². The molecular formula is C14H15O6P. The molecule has 0 heterocycles. The van der Waals surface area contributed by atoms with Crippen LogP contribution in [0.2, 0.25) is 0 Å². The summed E-state index contributed by atoms with van der Waals surface area (Å²) in [7, 11) is -4.60. The van der Waals surface area contributed by atoms with Gasteiger partial charge in [0.25, 0.3) is 0 Å². The topological polar surface area (TPSA) is 118 Å². The second-order valence-electron chi connectivity index (χ2n) is 4.67. The summed E-state index contributed by atoms with van der Waals surface area (Å²) in [4.78, 5) is 18.6. The van der Waals surface area contributed by atoms with Crippen LogP contribution < -0.4 is 5.30 Å². The van der Waals surface area contributed by atoms with Crippen LogP contribution in [0.5, 0.6) is 17.2 Å². The Morgan fingerprint density at radius 2 is 1.48 bits per heavy atom. The van der Waals surface area contributed by atoms with Gasteiger partial charge in [-0.25, -0.2) is 0 Å². The van der Waals surface area contributed by atoms with Gasteiger partial charge in [0, 0.05) is 11.6 Å². The predicted molar refractivity (Wildman–Crippen MR) is 77.0 cm³/mol. The maximum Gasteiger partial charge on any atom is 0.356 e. The highest BCUT2D eigenvalue weighted by Gasteiger charge is 2.24. The van der Waals surface area contributed by atoms with Crippen molar-refractivity contribution in [2.75, 3.05) is 0 Å². The fraction of sp³-hybridized carbons (Fsp3) is 0.143. The lowest BCUT2D eigenvalue weighted by molar-refractivity contribution is 0.385. The van der Waals surface area contributed by atoms with Crippen molar-refractivity contribution in [3.8, 4) is 17.2 Å². The van der Waals surface area contributed by atoms with Crippen molar-refractivity contribution >= 4 is 12.9 Å². The number of aromatic hydroxyl groups is 3. The normalized spacial score (nSPS) is 11.5. The molecule has 0 fully saturated rings. The molecule has 7 heteroatoms. The predicted octanol–water partition coefficient (Wildman–Crippen LogP) is 1.39. The summed E-state index contributed by atoms with van der Waals surface area (Å²) in [5.41, 5.74) is 0.950. The first-order chi connectivity index (χ1) is 9.77. The fourth-order valence-corrected chi connectivity index (χ4v) is 2.95. The zero-order valence-electron chi connectivity index (χ0n) is 11.0. The molecule has 0 aliphatic heterocycles. The lowest BCUT2D eigenvalue weighted by atomic mass is 10.0. The van der Waals surface area contributed by atoms with Crippen molar-refractivity contribution in [1.82, 2.24) is 0 Å². The van der Waals surface area contributed by atoms with Gasteiger partial charge in [-0.1, -0.05) is 12.1 Å². The van der Waals surface area contributed by atoms with Gasteiger partial charge in [0.1, 0.15) is 17.2 Å². The molecule has 2 aromatic rings. The molecule has 0 aromatic heterocycles. The molecule has 0 radical (unpaired) electrons. The Bertz CT molecular complexity index is 689. The van der Waals surface area contributed by atoms with E-state index in [0.29, 0.717) is 6.42 Å². The maximum absolute atomic E-state index is 11.5. The summed E-state index contributed by atoms with van der Waals surface area (Å²) < 4.78 is 11.5. The van der Waals surface area contributed by atoms with Crippen LogP contribution >= 0.6 is 7.60 Å². The van der Waals surface area contributed by atoms with Crippen LogP contribution in [0.3, 0.4) is 0 Å². The van der Waals surface area contributed by atoms with Gasteiger partial charge in [-0.2, -0.15) is 0 Å². The second kappa shape index (κ2) is 5.77. The number of rotatable bonds is 4. The van der Waals surface area contributed by atoms with Crippen LogP contribution in [0.1, 0.15) is 11.1 Å². The summed E-state index contributed by atoms with van der Waals surface area (Å²) in [5, 5.41) is 28.0. The second-order valence-corrected chi connectivity index (χ2v) is 6.24. The van der Waals surface area contributed by atoms with E-state index in [4.69, 9.17) is 0 Å². The molecule has 2 aromatic carbocycles. The lowest BCUT2D eigenvalue weighted by Gasteiger charge is -2.13. The molecule has 21 heavy (non-hydrogen) atoms. The van der Waals surface area contributed by atoms with Crippen LogP contribution in [0.25, 0.3) is 0 Å². The summed E-state index contributed by atoms with van der Waals surface area (Å²) >= 11 is 0. The molecule has 6 nitrogen and oxygen atoms in total. The van der Waals surface area contributed by atoms with E-state index in [-0.39, 0.29) is 28.8 Å². The van der Waals surface area contributed by atoms with Gasteiger partial charge in [-0.15, -0.1) is 0 Å². The summed E-state index contributed by atoms with van der Waals surface area (Å²) in [5.74, 6) is -0.631. The molecule has 0 spiro atoms. The van der Waals surface area contributed by atoms with Gasteiger partial charge in [0.2, 0.25) is 0 Å². The minimum atomic E-state index is -4.60. The monoisotopic (exact) mass is 310 g/mol. The Morgan fingerprint density at radius 1 is 0.857 bits per heavy atom. The van der Waals surface area contributed by atoms with Crippen LogP contribution in [-0.4, -0.2) is 25.1 Å². The number of hydrogen-bond donors (Lipinski definition) is 5. The first kappa shape index (κ1) is 15.4. The Morgan fingerprint density at radius 3 is 2.05 bits per heavy atom. The maximum atomic E-state index is 11.5. The first-order valence-corrected chi connectivity index (χ1v) is 7.77. The van der Waals surface area contributed by atoms with E-state index in [9.17, 15) is 29.7 Å². The average molecular weight is 310 g/mol. The zero-order chi connectivity index (χ0) is 15.6. The Balaban J connectivity index is 2.31. The van der Waals surface area contributed by atoms with E-state index in [0.717, 1.165) is 17.7 Å². The zero-order valence-corrected chi connectivity index (χ0v) is 11.9. The van der Waals surface area contributed by atoms with Crippen LogP contribution in [-0.2, 0) is 17.4 Å². The third-order valence-corrected chi connectivity index (χ3v) is 4.13. The fourth-order valence-electron chi connectivity index (χ4n) is 2.08. The third kappa shape index (κ3) is 3.76. The molecule has 0 saturated heterocycles. The molecule has 0 atom stereocenters. The van der Waals surface area contributed by atoms with Gasteiger partial charge in [-0.05, 0) is 36.6 Å². The molecular weight excluding hydrogens is 295 g/mol. The summed E-state index contributed by atoms with van der Waals surface area (Å²) in [6.07, 6.45) is 0.614. The Hall–Kier alpha value is -2.01. The molecule has 0 saturated carbocycles. The Kier molecular flexibility index (Phi) is 4.23. The minimum absolute atomic E-state index is 0.106. The molecule has 0 aliphatic carbocycles. The summed E-state index contributed by atoms with van der Waals surface area (Å²) in [6.45, 7) is 0. The highest BCUT2D eigenvalue weighted by molar-refractivity contribution is 7.60. The molecule has 5 N–H and O–H groups in total. The quantitative estimate of drug-likeness (QED) is 0.545. The van der Waals surface area contributed by atoms with Gasteiger partial charge in [0.05, 0.1) is 5.30 Å². The number of phenolic OH excluding ortho intramolecular Hbond substituents is 3. The first-order valence-electron chi connectivity index (χ1n) is 6.16. The van der Waals surface area contributed by atoms with Crippen LogP contribution in [0.4, 0.5) is 0 Å². The van der Waals surface area contributed by atoms with E-state index < -0.39 is 13.3 Å². The minimum Gasteiger partial charge on any atom is -0.508 e. The highest BCUT2D eigenvalue weighted by Crippen LogP contribution is 2.39. The number of hydrogen-bond acceptors (Lipinski definition) is 4. The standard InChI is InChI=1S/C14H15O6P/c15-10-4-1-9(2-5-10)3-6-12-13(17)7-11(16)8-14(12)21(18,19)20/h1-2,4-5,7-8,15-17H,3,6H2,(H2,18,19,20). The molecule has 0 unspecified atom stereocenters. The van der Waals surface area contributed by atoms with Gasteiger partial charge >= 0.3 is 7.60 Å². The number of phenols is 3. The van der Waals surface area contributed by atoms with Crippen molar-refractivity contribution in [3.63, 3.8) is 0 Å². The van der Waals surface area contributed by atoms with Gasteiger partial charge in [0.15, 0.2) is 0 Å². The SMILES string of the molecule is O=P(O)(O)c1cc(O)cc(O)c1CCc1ccc(O)cc1. The number of benzene rings is 2. The largest absolute Gasteiger partial charge is 0.508 e. The van der Waals surface area contributed by atoms with E-state index in [1.54, 1.807) is 12.1 Å². The third-order valence-electron chi connectivity index (χ3n) is 3.10. The van der Waals surface area contributed by atoms with Crippen LogP contribution in [0, 0.1) is 0 Å². The molecule has 2 rings (SSSR count). The molecule has 112 valence electrons. The Labute approximate surface area is 121 Å². The average Bonchev–Trinajstić information content (AvgIpc) is 2.38. The molecule has 0 bridgehead atoms. The van der Waals surface area contributed by atoms with E-state index in [2.05, 4.69) is 0 Å².